The van der Waals surface area contributed by atoms with Crippen molar-refractivity contribution in [2.75, 3.05) is 61.5 Å². The minimum absolute atomic E-state index is 0.00810. The summed E-state index contributed by atoms with van der Waals surface area (Å²) in [7, 11) is 1.69. The normalized spacial score (nSPS) is 16.5. The lowest BCUT2D eigenvalue weighted by molar-refractivity contribution is -0.114. The summed E-state index contributed by atoms with van der Waals surface area (Å²) in [6, 6.07) is 13.5. The Hall–Kier alpha value is -2.64. The number of halogens is 2. The minimum Gasteiger partial charge on any atom is -0.495 e. The van der Waals surface area contributed by atoms with Gasteiger partial charge in [0.1, 0.15) is 5.75 Å². The monoisotopic (exact) mass is 504 g/mol. The summed E-state index contributed by atoms with van der Waals surface area (Å²) in [6.45, 7) is 4.63. The molecule has 2 saturated heterocycles. The molecule has 7 nitrogen and oxygen atoms in total. The first-order chi connectivity index (χ1) is 16.5. The number of carbonyl (C=O) groups excluding carboxylic acids is 2. The molecular formula is C25H30Cl2N4O3. The van der Waals surface area contributed by atoms with Gasteiger partial charge in [-0.25, -0.2) is 0 Å². The second-order valence-electron chi connectivity index (χ2n) is 8.52. The van der Waals surface area contributed by atoms with Crippen LogP contribution in [0.15, 0.2) is 42.5 Å². The van der Waals surface area contributed by atoms with Crippen LogP contribution in [0.2, 0.25) is 0 Å². The lowest BCUT2D eigenvalue weighted by Crippen LogP contribution is -2.47. The number of piperazine rings is 1. The van der Waals surface area contributed by atoms with Gasteiger partial charge in [-0.05, 0) is 49.6 Å². The summed E-state index contributed by atoms with van der Waals surface area (Å²) in [5, 5.41) is 2.70. The molecule has 9 heteroatoms. The second-order valence-corrected chi connectivity index (χ2v) is 9.62. The van der Waals surface area contributed by atoms with Crippen LogP contribution in [-0.4, -0.2) is 67.9 Å². The Labute approximate surface area is 210 Å². The number of alkyl halides is 2. The maximum absolute atomic E-state index is 13.5. The number of benzene rings is 2. The zero-order valence-corrected chi connectivity index (χ0v) is 20.8. The first-order valence-electron chi connectivity index (χ1n) is 11.6. The van der Waals surface area contributed by atoms with Gasteiger partial charge in [-0.3, -0.25) is 9.59 Å². The number of amides is 2. The predicted octanol–water partition coefficient (Wildman–Crippen LogP) is 4.39. The zero-order valence-electron chi connectivity index (χ0n) is 19.3. The fraction of sp³-hybridized carbons (Fsp3) is 0.440. The third kappa shape index (κ3) is 5.53. The average Bonchev–Trinajstić information content (AvgIpc) is 2.88. The van der Waals surface area contributed by atoms with Crippen LogP contribution in [0.5, 0.6) is 5.75 Å². The number of rotatable bonds is 6. The van der Waals surface area contributed by atoms with E-state index in [0.29, 0.717) is 11.3 Å². The van der Waals surface area contributed by atoms with E-state index in [0.717, 1.165) is 75.7 Å². The molecule has 4 rings (SSSR count). The lowest BCUT2D eigenvalue weighted by Gasteiger charge is -2.39. The van der Waals surface area contributed by atoms with Crippen molar-refractivity contribution in [2.24, 2.45) is 0 Å². The van der Waals surface area contributed by atoms with Crippen LogP contribution in [0.3, 0.4) is 0 Å². The van der Waals surface area contributed by atoms with E-state index in [1.165, 1.54) is 0 Å². The van der Waals surface area contributed by atoms with Crippen molar-refractivity contribution in [1.82, 2.24) is 4.90 Å². The number of nitrogens with zero attached hydrogens (tertiary/aromatic N) is 3. The van der Waals surface area contributed by atoms with Crippen LogP contribution in [0.1, 0.15) is 29.6 Å². The van der Waals surface area contributed by atoms with Gasteiger partial charge in [-0.1, -0.05) is 35.3 Å². The molecule has 1 N–H and O–H groups in total. The molecule has 182 valence electrons. The highest BCUT2D eigenvalue weighted by Crippen LogP contribution is 2.32. The molecule has 0 radical (unpaired) electrons. The smallest absolute Gasteiger partial charge is 0.257 e. The Morgan fingerprint density at radius 2 is 1.53 bits per heavy atom. The SMILES string of the molecule is COc1ccccc1N1CCN(c2ccc(NC(=O)C(Cl)Cl)cc2C(=O)N2CCCCC2)CC1. The first kappa shape index (κ1) is 24.5. The molecule has 0 saturated carbocycles. The zero-order chi connectivity index (χ0) is 24.1. The molecule has 2 aromatic carbocycles. The molecular weight excluding hydrogens is 475 g/mol. The van der Waals surface area contributed by atoms with Gasteiger partial charge in [0.05, 0.1) is 18.4 Å². The van der Waals surface area contributed by atoms with Gasteiger partial charge in [0.2, 0.25) is 0 Å². The predicted molar refractivity (Wildman–Crippen MR) is 138 cm³/mol. The number of likely N-dealkylation sites (tertiary alicyclic amines) is 1. The highest BCUT2D eigenvalue weighted by Gasteiger charge is 2.27. The number of anilines is 3. The number of hydrogen-bond donors (Lipinski definition) is 1. The Morgan fingerprint density at radius 3 is 2.18 bits per heavy atom. The molecule has 34 heavy (non-hydrogen) atoms. The van der Waals surface area contributed by atoms with Crippen molar-refractivity contribution in [1.29, 1.82) is 0 Å². The Balaban J connectivity index is 1.56. The van der Waals surface area contributed by atoms with E-state index in [9.17, 15) is 9.59 Å². The summed E-state index contributed by atoms with van der Waals surface area (Å²) >= 11 is 11.4. The largest absolute Gasteiger partial charge is 0.495 e. The summed E-state index contributed by atoms with van der Waals surface area (Å²) in [6.07, 6.45) is 3.16. The van der Waals surface area contributed by atoms with Gasteiger partial charge in [0, 0.05) is 50.6 Å². The number of piperidine rings is 1. The maximum Gasteiger partial charge on any atom is 0.257 e. The van der Waals surface area contributed by atoms with Crippen LogP contribution in [0.4, 0.5) is 17.1 Å². The van der Waals surface area contributed by atoms with E-state index in [4.69, 9.17) is 27.9 Å². The summed E-state index contributed by atoms with van der Waals surface area (Å²) in [5.41, 5.74) is 3.05. The first-order valence-corrected chi connectivity index (χ1v) is 12.5. The standard InChI is InChI=1S/C25H30Cl2N4O3/c1-34-22-8-4-3-7-21(22)30-15-13-29(14-16-30)20-10-9-18(28-24(32)23(26)27)17-19(20)25(33)31-11-5-2-6-12-31/h3-4,7-10,17,23H,2,5-6,11-16H2,1H3,(H,28,32). The summed E-state index contributed by atoms with van der Waals surface area (Å²) < 4.78 is 5.53. The molecule has 2 amide bonds. The Bertz CT molecular complexity index is 1020. The fourth-order valence-electron chi connectivity index (χ4n) is 4.60. The van der Waals surface area contributed by atoms with Crippen molar-refractivity contribution in [3.63, 3.8) is 0 Å². The molecule has 2 heterocycles. The molecule has 2 aliphatic rings. The van der Waals surface area contributed by atoms with Crippen molar-refractivity contribution < 1.29 is 14.3 Å². The van der Waals surface area contributed by atoms with E-state index >= 15 is 0 Å². The van der Waals surface area contributed by atoms with Crippen LogP contribution in [-0.2, 0) is 4.79 Å². The van der Waals surface area contributed by atoms with E-state index in [2.05, 4.69) is 21.2 Å². The van der Waals surface area contributed by atoms with Gasteiger partial charge >= 0.3 is 0 Å². The van der Waals surface area contributed by atoms with E-state index in [1.54, 1.807) is 19.2 Å². The number of carbonyl (C=O) groups is 2. The summed E-state index contributed by atoms with van der Waals surface area (Å²) in [4.78, 5) is 30.8. The molecule has 2 fully saturated rings. The topological polar surface area (TPSA) is 65.1 Å². The van der Waals surface area contributed by atoms with Gasteiger partial charge in [0.25, 0.3) is 11.8 Å². The second kappa shape index (κ2) is 11.2. The van der Waals surface area contributed by atoms with Gasteiger partial charge < -0.3 is 24.8 Å². The number of ether oxygens (including phenoxy) is 1. The number of methoxy groups -OCH3 is 1. The van der Waals surface area contributed by atoms with Crippen molar-refractivity contribution in [2.45, 2.75) is 24.1 Å². The number of para-hydroxylation sites is 2. The molecule has 0 unspecified atom stereocenters. The lowest BCUT2D eigenvalue weighted by atomic mass is 10.1. The highest BCUT2D eigenvalue weighted by molar-refractivity contribution is 6.54. The van der Waals surface area contributed by atoms with Crippen LogP contribution < -0.4 is 19.9 Å². The maximum atomic E-state index is 13.5. The third-order valence-electron chi connectivity index (χ3n) is 6.38. The summed E-state index contributed by atoms with van der Waals surface area (Å²) in [5.74, 6) is 0.332. The third-order valence-corrected chi connectivity index (χ3v) is 6.78. The van der Waals surface area contributed by atoms with Crippen molar-refractivity contribution >= 4 is 52.1 Å². The van der Waals surface area contributed by atoms with Gasteiger partial charge in [0.15, 0.2) is 4.84 Å². The number of hydrogen-bond acceptors (Lipinski definition) is 5. The quantitative estimate of drug-likeness (QED) is 0.590. The average molecular weight is 505 g/mol. The highest BCUT2D eigenvalue weighted by atomic mass is 35.5. The molecule has 2 aliphatic heterocycles. The molecule has 0 aliphatic carbocycles. The van der Waals surface area contributed by atoms with E-state index in [-0.39, 0.29) is 5.91 Å². The Morgan fingerprint density at radius 1 is 0.882 bits per heavy atom. The molecule has 0 spiro atoms. The van der Waals surface area contributed by atoms with Gasteiger partial charge in [-0.15, -0.1) is 0 Å². The fourth-order valence-corrected chi connectivity index (χ4v) is 4.71. The Kier molecular flexibility index (Phi) is 8.06. The number of nitrogens with one attached hydrogen (secondary N) is 1. The van der Waals surface area contributed by atoms with Crippen LogP contribution in [0.25, 0.3) is 0 Å². The molecule has 0 aromatic heterocycles. The van der Waals surface area contributed by atoms with Gasteiger partial charge in [-0.2, -0.15) is 0 Å². The molecule has 0 bridgehead atoms. The molecule has 2 aromatic rings. The molecule has 0 atom stereocenters. The van der Waals surface area contributed by atoms with Crippen molar-refractivity contribution in [3.8, 4) is 5.75 Å². The van der Waals surface area contributed by atoms with Crippen molar-refractivity contribution in [3.05, 3.63) is 48.0 Å². The van der Waals surface area contributed by atoms with Crippen LogP contribution in [0, 0.1) is 0 Å². The van der Waals surface area contributed by atoms with Crippen LogP contribution >= 0.6 is 23.2 Å². The van der Waals surface area contributed by atoms with E-state index in [1.807, 2.05) is 29.2 Å². The minimum atomic E-state index is -1.18. The van der Waals surface area contributed by atoms with E-state index < -0.39 is 10.7 Å².